The zero-order chi connectivity index (χ0) is 9.84. The second kappa shape index (κ2) is 5.57. The molecule has 4 N–H and O–H groups in total. The number of carbonyl (C=O) groups is 1. The average molecular weight is 219 g/mol. The van der Waals surface area contributed by atoms with Gasteiger partial charge in [-0.3, -0.25) is 4.79 Å². The third-order valence-corrected chi connectivity index (χ3v) is 1.72. The van der Waals surface area contributed by atoms with E-state index in [1.54, 1.807) is 12.1 Å². The first-order chi connectivity index (χ1) is 6.09. The molecule has 0 saturated carbocycles. The van der Waals surface area contributed by atoms with E-state index in [-0.39, 0.29) is 24.6 Å². The van der Waals surface area contributed by atoms with Crippen LogP contribution in [0.5, 0.6) is 0 Å². The van der Waals surface area contributed by atoms with E-state index in [9.17, 15) is 9.18 Å². The fourth-order valence-corrected chi connectivity index (χ4v) is 1.04. The van der Waals surface area contributed by atoms with Gasteiger partial charge in [-0.15, -0.1) is 12.4 Å². The molecule has 0 fully saturated rings. The Morgan fingerprint density at radius 1 is 1.36 bits per heavy atom. The lowest BCUT2D eigenvalue weighted by molar-refractivity contribution is -0.118. The van der Waals surface area contributed by atoms with Crippen molar-refractivity contribution in [2.24, 2.45) is 11.5 Å². The van der Waals surface area contributed by atoms with E-state index in [0.29, 0.717) is 5.56 Å². The minimum Gasteiger partial charge on any atom is -0.370 e. The van der Waals surface area contributed by atoms with Gasteiger partial charge in [0.25, 0.3) is 0 Å². The van der Waals surface area contributed by atoms with Crippen LogP contribution in [0.15, 0.2) is 24.3 Å². The van der Waals surface area contributed by atoms with Crippen LogP contribution in [-0.2, 0) is 4.79 Å². The third-order valence-electron chi connectivity index (χ3n) is 1.72. The lowest BCUT2D eigenvalue weighted by atomic mass is 10.0. The second-order valence-corrected chi connectivity index (χ2v) is 2.83. The molecule has 0 aliphatic carbocycles. The largest absolute Gasteiger partial charge is 0.370 e. The van der Waals surface area contributed by atoms with Crippen molar-refractivity contribution in [3.05, 3.63) is 35.6 Å². The monoisotopic (exact) mass is 218 g/mol. The number of halogens is 2. The maximum atomic E-state index is 12.5. The highest BCUT2D eigenvalue weighted by Crippen LogP contribution is 2.13. The molecule has 1 atom stereocenters. The molecule has 0 spiro atoms. The van der Waals surface area contributed by atoms with Gasteiger partial charge in [0, 0.05) is 12.5 Å². The van der Waals surface area contributed by atoms with Crippen LogP contribution in [0.4, 0.5) is 4.39 Å². The third kappa shape index (κ3) is 3.72. The summed E-state index contributed by atoms with van der Waals surface area (Å²) in [6.07, 6.45) is 0.0750. The predicted octanol–water partition coefficient (Wildman–Crippen LogP) is 1.12. The minimum absolute atomic E-state index is 0. The van der Waals surface area contributed by atoms with Gasteiger partial charge in [-0.25, -0.2) is 4.39 Å². The van der Waals surface area contributed by atoms with E-state index in [2.05, 4.69) is 0 Å². The molecule has 1 amide bonds. The molecular formula is C9H12ClFN2O. The molecule has 0 aliphatic heterocycles. The number of carbonyl (C=O) groups excluding carboxylic acids is 1. The molecule has 0 saturated heterocycles. The Morgan fingerprint density at radius 3 is 2.29 bits per heavy atom. The number of benzene rings is 1. The first-order valence-electron chi connectivity index (χ1n) is 3.89. The first kappa shape index (κ1) is 12.9. The fraction of sp³-hybridized carbons (Fsp3) is 0.222. The van der Waals surface area contributed by atoms with Crippen LogP contribution in [-0.4, -0.2) is 5.91 Å². The van der Waals surface area contributed by atoms with Crippen molar-refractivity contribution >= 4 is 18.3 Å². The summed E-state index contributed by atoms with van der Waals surface area (Å²) in [5, 5.41) is 0. The summed E-state index contributed by atoms with van der Waals surface area (Å²) in [6.45, 7) is 0. The van der Waals surface area contributed by atoms with Crippen LogP contribution in [0.25, 0.3) is 0 Å². The van der Waals surface area contributed by atoms with E-state index >= 15 is 0 Å². The average Bonchev–Trinajstić information content (AvgIpc) is 2.04. The van der Waals surface area contributed by atoms with Crippen molar-refractivity contribution in [3.8, 4) is 0 Å². The Kier molecular flexibility index (Phi) is 5.12. The highest BCUT2D eigenvalue weighted by Gasteiger charge is 2.08. The highest BCUT2D eigenvalue weighted by atomic mass is 35.5. The Balaban J connectivity index is 0.00000169. The lowest BCUT2D eigenvalue weighted by Crippen LogP contribution is -2.20. The smallest absolute Gasteiger partial charge is 0.219 e. The number of hydrogen-bond acceptors (Lipinski definition) is 2. The van der Waals surface area contributed by atoms with Gasteiger partial charge in [0.05, 0.1) is 0 Å². The molecule has 0 heterocycles. The zero-order valence-electron chi connectivity index (χ0n) is 7.44. The molecule has 14 heavy (non-hydrogen) atoms. The molecule has 1 rings (SSSR count). The van der Waals surface area contributed by atoms with E-state index in [1.165, 1.54) is 12.1 Å². The standard InChI is InChI=1S/C9H11FN2O.ClH/c10-7-3-1-6(2-4-7)8(11)5-9(12)13;/h1-4,8H,5,11H2,(H2,12,13);1H/t8-;/m0./s1. The van der Waals surface area contributed by atoms with Crippen LogP contribution in [0.3, 0.4) is 0 Å². The van der Waals surface area contributed by atoms with Gasteiger partial charge in [0.2, 0.25) is 5.91 Å². The van der Waals surface area contributed by atoms with E-state index in [1.807, 2.05) is 0 Å². The summed E-state index contributed by atoms with van der Waals surface area (Å²) in [5.74, 6) is -0.785. The molecule has 0 aromatic heterocycles. The molecule has 1 aromatic rings. The van der Waals surface area contributed by atoms with Crippen molar-refractivity contribution in [1.82, 2.24) is 0 Å². The van der Waals surface area contributed by atoms with Crippen molar-refractivity contribution in [3.63, 3.8) is 0 Å². The summed E-state index contributed by atoms with van der Waals surface area (Å²) in [7, 11) is 0. The lowest BCUT2D eigenvalue weighted by Gasteiger charge is -2.08. The van der Waals surface area contributed by atoms with Gasteiger partial charge < -0.3 is 11.5 Å². The molecule has 0 radical (unpaired) electrons. The van der Waals surface area contributed by atoms with Crippen LogP contribution >= 0.6 is 12.4 Å². The van der Waals surface area contributed by atoms with Gasteiger partial charge in [0.1, 0.15) is 5.82 Å². The number of primary amides is 1. The van der Waals surface area contributed by atoms with Crippen molar-refractivity contribution in [2.45, 2.75) is 12.5 Å². The van der Waals surface area contributed by atoms with Gasteiger partial charge in [-0.2, -0.15) is 0 Å². The Bertz CT molecular complexity index is 302. The topological polar surface area (TPSA) is 69.1 Å². The number of amides is 1. The molecule has 3 nitrogen and oxygen atoms in total. The molecule has 0 bridgehead atoms. The maximum Gasteiger partial charge on any atom is 0.219 e. The molecule has 0 unspecified atom stereocenters. The molecule has 0 aliphatic rings. The fourth-order valence-electron chi connectivity index (χ4n) is 1.04. The molecule has 1 aromatic carbocycles. The SMILES string of the molecule is Cl.NC(=O)C[C@H](N)c1ccc(F)cc1. The van der Waals surface area contributed by atoms with Gasteiger partial charge in [0.15, 0.2) is 0 Å². The quantitative estimate of drug-likeness (QED) is 0.799. The van der Waals surface area contributed by atoms with Crippen LogP contribution < -0.4 is 11.5 Å². The zero-order valence-corrected chi connectivity index (χ0v) is 8.26. The number of nitrogens with two attached hydrogens (primary N) is 2. The van der Waals surface area contributed by atoms with E-state index in [0.717, 1.165) is 0 Å². The van der Waals surface area contributed by atoms with Crippen LogP contribution in [0.1, 0.15) is 18.0 Å². The van der Waals surface area contributed by atoms with E-state index in [4.69, 9.17) is 11.5 Å². The van der Waals surface area contributed by atoms with Crippen molar-refractivity contribution in [1.29, 1.82) is 0 Å². The summed E-state index contributed by atoms with van der Waals surface area (Å²) in [5.41, 5.74) is 11.3. The number of rotatable bonds is 3. The van der Waals surface area contributed by atoms with Crippen molar-refractivity contribution < 1.29 is 9.18 Å². The van der Waals surface area contributed by atoms with Gasteiger partial charge >= 0.3 is 0 Å². The summed E-state index contributed by atoms with van der Waals surface area (Å²) in [4.78, 5) is 10.5. The van der Waals surface area contributed by atoms with E-state index < -0.39 is 11.9 Å². The maximum absolute atomic E-state index is 12.5. The van der Waals surface area contributed by atoms with Crippen molar-refractivity contribution in [2.75, 3.05) is 0 Å². The summed E-state index contributed by atoms with van der Waals surface area (Å²) < 4.78 is 12.5. The van der Waals surface area contributed by atoms with Crippen LogP contribution in [0, 0.1) is 5.82 Å². The van der Waals surface area contributed by atoms with Crippen LogP contribution in [0.2, 0.25) is 0 Å². The second-order valence-electron chi connectivity index (χ2n) is 2.83. The van der Waals surface area contributed by atoms with Gasteiger partial charge in [-0.05, 0) is 17.7 Å². The summed E-state index contributed by atoms with van der Waals surface area (Å²) >= 11 is 0. The summed E-state index contributed by atoms with van der Waals surface area (Å²) in [6, 6.07) is 5.25. The molecule has 5 heteroatoms. The predicted molar refractivity (Wildman–Crippen MR) is 54.4 cm³/mol. The normalized spacial score (nSPS) is 11.6. The highest BCUT2D eigenvalue weighted by molar-refractivity contribution is 5.85. The van der Waals surface area contributed by atoms with Gasteiger partial charge in [-0.1, -0.05) is 12.1 Å². The Hall–Kier alpha value is -1.13. The Labute approximate surface area is 87.7 Å². The minimum atomic E-state index is -0.461. The number of hydrogen-bond donors (Lipinski definition) is 2. The first-order valence-corrected chi connectivity index (χ1v) is 3.89. The molecular weight excluding hydrogens is 207 g/mol. The Morgan fingerprint density at radius 2 is 1.86 bits per heavy atom. The molecule has 78 valence electrons.